The van der Waals surface area contributed by atoms with Gasteiger partial charge < -0.3 is 15.1 Å². The van der Waals surface area contributed by atoms with Gasteiger partial charge in [-0.1, -0.05) is 25.1 Å². The number of likely N-dealkylation sites (N-methyl/N-ethyl adjacent to an activating group) is 1. The molecule has 7 heteroatoms. The Morgan fingerprint density at radius 3 is 2.68 bits per heavy atom. The number of aryl methyl sites for hydroxylation is 1. The smallest absolute Gasteiger partial charge is 0.272 e. The lowest BCUT2D eigenvalue weighted by molar-refractivity contribution is 0.0637. The highest BCUT2D eigenvalue weighted by molar-refractivity contribution is 5.94. The number of piperazine rings is 1. The molecule has 4 rings (SSSR count). The first kappa shape index (κ1) is 18.3. The van der Waals surface area contributed by atoms with Crippen LogP contribution in [0.2, 0.25) is 0 Å². The number of hydrogen-bond donors (Lipinski definition) is 1. The van der Waals surface area contributed by atoms with Crippen molar-refractivity contribution in [3.8, 4) is 0 Å². The average molecular weight is 376 g/mol. The fourth-order valence-corrected chi connectivity index (χ4v) is 3.51. The van der Waals surface area contributed by atoms with Crippen LogP contribution in [0.4, 0.5) is 11.5 Å². The number of hydrogen-bond acceptors (Lipinski definition) is 6. The molecule has 0 atom stereocenters. The number of pyridine rings is 1. The van der Waals surface area contributed by atoms with Gasteiger partial charge in [0.25, 0.3) is 5.91 Å². The Bertz CT molecular complexity index is 992. The third-order valence-corrected chi connectivity index (χ3v) is 5.06. The predicted octanol–water partition coefficient (Wildman–Crippen LogP) is 2.85. The molecule has 1 amide bonds. The summed E-state index contributed by atoms with van der Waals surface area (Å²) >= 11 is 0. The van der Waals surface area contributed by atoms with Crippen LogP contribution >= 0.6 is 0 Å². The topological polar surface area (TPSA) is 74.2 Å². The molecule has 0 unspecified atom stereocenters. The number of anilines is 2. The van der Waals surface area contributed by atoms with Crippen LogP contribution in [0, 0.1) is 6.92 Å². The number of benzene rings is 1. The standard InChI is InChI=1S/C21H24N6O/c1-3-26-10-12-27(13-11-26)21(28)18-14-19(24-15(2)23-18)25-17-8-4-6-16-7-5-9-22-20(16)17/h4-9,14H,3,10-13H2,1-2H3,(H,23,24,25). The third kappa shape index (κ3) is 3.80. The van der Waals surface area contributed by atoms with Crippen LogP contribution in [-0.4, -0.2) is 63.4 Å². The van der Waals surface area contributed by atoms with E-state index in [0.29, 0.717) is 17.3 Å². The van der Waals surface area contributed by atoms with Gasteiger partial charge in [-0.15, -0.1) is 0 Å². The second-order valence-corrected chi connectivity index (χ2v) is 6.92. The number of rotatable bonds is 4. The molecule has 0 spiro atoms. The molecule has 3 heterocycles. The maximum atomic E-state index is 12.9. The Balaban J connectivity index is 1.58. The number of carbonyl (C=O) groups excluding carboxylic acids is 1. The number of nitrogens with zero attached hydrogens (tertiary/aromatic N) is 5. The van der Waals surface area contributed by atoms with E-state index in [4.69, 9.17) is 0 Å². The van der Waals surface area contributed by atoms with E-state index < -0.39 is 0 Å². The Morgan fingerprint density at radius 1 is 1.11 bits per heavy atom. The fraction of sp³-hybridized carbons (Fsp3) is 0.333. The van der Waals surface area contributed by atoms with E-state index in [0.717, 1.165) is 49.3 Å². The van der Waals surface area contributed by atoms with Crippen molar-refractivity contribution < 1.29 is 4.79 Å². The van der Waals surface area contributed by atoms with E-state index in [1.165, 1.54) is 0 Å². The summed E-state index contributed by atoms with van der Waals surface area (Å²) in [4.78, 5) is 30.5. The SMILES string of the molecule is CCN1CCN(C(=O)c2cc(Nc3cccc4cccnc34)nc(C)n2)CC1. The van der Waals surface area contributed by atoms with E-state index in [1.54, 1.807) is 19.2 Å². The minimum Gasteiger partial charge on any atom is -0.338 e. The molecule has 0 bridgehead atoms. The first-order valence-corrected chi connectivity index (χ1v) is 9.62. The highest BCUT2D eigenvalue weighted by Crippen LogP contribution is 2.24. The summed E-state index contributed by atoms with van der Waals surface area (Å²) < 4.78 is 0. The van der Waals surface area contributed by atoms with Crippen LogP contribution in [0.1, 0.15) is 23.2 Å². The number of para-hydroxylation sites is 1. The lowest BCUT2D eigenvalue weighted by atomic mass is 10.2. The molecule has 1 aliphatic rings. The molecule has 0 radical (unpaired) electrons. The number of fused-ring (bicyclic) bond motifs is 1. The fourth-order valence-electron chi connectivity index (χ4n) is 3.51. The molecule has 1 aliphatic heterocycles. The van der Waals surface area contributed by atoms with E-state index in [-0.39, 0.29) is 5.91 Å². The Hall–Kier alpha value is -3.06. The second kappa shape index (κ2) is 7.90. The van der Waals surface area contributed by atoms with Crippen molar-refractivity contribution >= 4 is 28.3 Å². The van der Waals surface area contributed by atoms with Gasteiger partial charge in [0, 0.05) is 43.8 Å². The maximum absolute atomic E-state index is 12.9. The zero-order chi connectivity index (χ0) is 19.5. The van der Waals surface area contributed by atoms with Crippen LogP contribution in [0.5, 0.6) is 0 Å². The van der Waals surface area contributed by atoms with Crippen molar-refractivity contribution in [2.24, 2.45) is 0 Å². The summed E-state index contributed by atoms with van der Waals surface area (Å²) in [6, 6.07) is 11.6. The minimum absolute atomic E-state index is 0.0413. The molecule has 1 N–H and O–H groups in total. The van der Waals surface area contributed by atoms with Gasteiger partial charge in [0.15, 0.2) is 0 Å². The highest BCUT2D eigenvalue weighted by Gasteiger charge is 2.23. The van der Waals surface area contributed by atoms with Gasteiger partial charge in [-0.2, -0.15) is 0 Å². The third-order valence-electron chi connectivity index (χ3n) is 5.06. The first-order chi connectivity index (χ1) is 13.6. The number of carbonyl (C=O) groups is 1. The maximum Gasteiger partial charge on any atom is 0.272 e. The number of amides is 1. The Kier molecular flexibility index (Phi) is 5.16. The largest absolute Gasteiger partial charge is 0.338 e. The molecule has 1 saturated heterocycles. The zero-order valence-corrected chi connectivity index (χ0v) is 16.2. The van der Waals surface area contributed by atoms with Crippen molar-refractivity contribution in [2.45, 2.75) is 13.8 Å². The highest BCUT2D eigenvalue weighted by atomic mass is 16.2. The van der Waals surface area contributed by atoms with Crippen LogP contribution in [0.3, 0.4) is 0 Å². The summed E-state index contributed by atoms with van der Waals surface area (Å²) in [7, 11) is 0. The molecule has 28 heavy (non-hydrogen) atoms. The Morgan fingerprint density at radius 2 is 1.89 bits per heavy atom. The minimum atomic E-state index is -0.0413. The van der Waals surface area contributed by atoms with Gasteiger partial charge >= 0.3 is 0 Å². The lowest BCUT2D eigenvalue weighted by Gasteiger charge is -2.33. The lowest BCUT2D eigenvalue weighted by Crippen LogP contribution is -2.48. The van der Waals surface area contributed by atoms with Gasteiger partial charge in [0.1, 0.15) is 17.3 Å². The van der Waals surface area contributed by atoms with Crippen molar-refractivity contribution in [1.29, 1.82) is 0 Å². The van der Waals surface area contributed by atoms with E-state index >= 15 is 0 Å². The van der Waals surface area contributed by atoms with Crippen molar-refractivity contribution in [2.75, 3.05) is 38.0 Å². The summed E-state index contributed by atoms with van der Waals surface area (Å²) in [6.07, 6.45) is 1.77. The van der Waals surface area contributed by atoms with Crippen LogP contribution in [0.25, 0.3) is 10.9 Å². The van der Waals surface area contributed by atoms with Gasteiger partial charge in [0.2, 0.25) is 0 Å². The summed E-state index contributed by atoms with van der Waals surface area (Å²) in [6.45, 7) is 8.22. The van der Waals surface area contributed by atoms with Crippen molar-refractivity contribution in [1.82, 2.24) is 24.8 Å². The van der Waals surface area contributed by atoms with E-state index in [1.807, 2.05) is 35.2 Å². The molecule has 1 fully saturated rings. The molecular formula is C21H24N6O. The molecule has 2 aromatic heterocycles. The van der Waals surface area contributed by atoms with Gasteiger partial charge in [-0.25, -0.2) is 9.97 Å². The second-order valence-electron chi connectivity index (χ2n) is 6.92. The van der Waals surface area contributed by atoms with Crippen molar-refractivity contribution in [3.05, 3.63) is 54.1 Å². The van der Waals surface area contributed by atoms with Crippen LogP contribution in [-0.2, 0) is 0 Å². The van der Waals surface area contributed by atoms with Gasteiger partial charge in [0.05, 0.1) is 11.2 Å². The molecule has 3 aromatic rings. The molecule has 0 aliphatic carbocycles. The first-order valence-electron chi connectivity index (χ1n) is 9.62. The van der Waals surface area contributed by atoms with Crippen molar-refractivity contribution in [3.63, 3.8) is 0 Å². The van der Waals surface area contributed by atoms with Gasteiger partial charge in [-0.3, -0.25) is 9.78 Å². The monoisotopic (exact) mass is 376 g/mol. The number of aromatic nitrogens is 3. The predicted molar refractivity (Wildman–Crippen MR) is 110 cm³/mol. The number of nitrogens with one attached hydrogen (secondary N) is 1. The van der Waals surface area contributed by atoms with Gasteiger partial charge in [-0.05, 0) is 25.6 Å². The molecule has 7 nitrogen and oxygen atoms in total. The zero-order valence-electron chi connectivity index (χ0n) is 16.2. The van der Waals surface area contributed by atoms with E-state index in [2.05, 4.69) is 32.1 Å². The summed E-state index contributed by atoms with van der Waals surface area (Å²) in [5, 5.41) is 4.35. The summed E-state index contributed by atoms with van der Waals surface area (Å²) in [5.41, 5.74) is 2.14. The molecule has 0 saturated carbocycles. The van der Waals surface area contributed by atoms with Crippen LogP contribution < -0.4 is 5.32 Å². The normalized spacial score (nSPS) is 15.0. The quantitative estimate of drug-likeness (QED) is 0.755. The van der Waals surface area contributed by atoms with E-state index in [9.17, 15) is 4.79 Å². The molecule has 144 valence electrons. The molecular weight excluding hydrogens is 352 g/mol. The molecule has 1 aromatic carbocycles. The van der Waals surface area contributed by atoms with Crippen LogP contribution in [0.15, 0.2) is 42.6 Å². The summed E-state index contributed by atoms with van der Waals surface area (Å²) in [5.74, 6) is 1.12. The Labute approximate surface area is 164 Å². The average Bonchev–Trinajstić information content (AvgIpc) is 2.73.